The summed E-state index contributed by atoms with van der Waals surface area (Å²) in [6.07, 6.45) is 0. The van der Waals surface area contributed by atoms with E-state index in [2.05, 4.69) is 10.4 Å². The number of nitrogens with one attached hydrogen (secondary N) is 1. The second kappa shape index (κ2) is 8.18. The van der Waals surface area contributed by atoms with Crippen LogP contribution in [0, 0.1) is 6.92 Å². The van der Waals surface area contributed by atoms with Crippen molar-refractivity contribution >= 4 is 17.5 Å². The molecule has 1 atom stereocenters. The van der Waals surface area contributed by atoms with Crippen LogP contribution in [-0.4, -0.2) is 22.2 Å². The van der Waals surface area contributed by atoms with Crippen LogP contribution in [0.5, 0.6) is 0 Å². The summed E-state index contributed by atoms with van der Waals surface area (Å²) in [6, 6.07) is 18.3. The highest BCUT2D eigenvalue weighted by Gasteiger charge is 2.16. The van der Waals surface area contributed by atoms with Crippen LogP contribution in [0.15, 0.2) is 65.5 Å². The number of carbonyl (C=O) groups is 1. The summed E-state index contributed by atoms with van der Waals surface area (Å²) in [7, 11) is 0. The minimum Gasteiger partial charge on any atom is -0.350 e. The predicted molar refractivity (Wildman–Crippen MR) is 107 cm³/mol. The van der Waals surface area contributed by atoms with Crippen LogP contribution in [-0.2, 0) is 0 Å². The maximum Gasteiger partial charge on any atom is 0.275 e. The van der Waals surface area contributed by atoms with E-state index in [0.717, 1.165) is 11.3 Å². The number of rotatable bonds is 5. The second-order valence-corrected chi connectivity index (χ2v) is 6.84. The van der Waals surface area contributed by atoms with Gasteiger partial charge in [0.15, 0.2) is 5.69 Å². The average Bonchev–Trinajstić information content (AvgIpc) is 2.67. The summed E-state index contributed by atoms with van der Waals surface area (Å²) < 4.78 is 1.56. The largest absolute Gasteiger partial charge is 0.350 e. The molecule has 1 N–H and O–H groups in total. The Morgan fingerprint density at radius 1 is 1.15 bits per heavy atom. The Kier molecular flexibility index (Phi) is 5.72. The molecule has 27 heavy (non-hydrogen) atoms. The quantitative estimate of drug-likeness (QED) is 0.732. The van der Waals surface area contributed by atoms with Crippen LogP contribution in [0.3, 0.4) is 0 Å². The lowest BCUT2D eigenvalue weighted by Gasteiger charge is -2.14. The van der Waals surface area contributed by atoms with Gasteiger partial charge in [0, 0.05) is 23.3 Å². The first-order chi connectivity index (χ1) is 13.0. The molecule has 138 valence electrons. The zero-order valence-corrected chi connectivity index (χ0v) is 15.9. The monoisotopic (exact) mass is 381 g/mol. The van der Waals surface area contributed by atoms with E-state index < -0.39 is 11.3 Å². The van der Waals surface area contributed by atoms with E-state index in [-0.39, 0.29) is 11.6 Å². The molecule has 0 fully saturated rings. The fourth-order valence-corrected chi connectivity index (χ4v) is 2.90. The molecule has 0 aliphatic heterocycles. The summed E-state index contributed by atoms with van der Waals surface area (Å²) in [6.45, 7) is 4.20. The van der Waals surface area contributed by atoms with Gasteiger partial charge < -0.3 is 5.32 Å². The molecule has 1 heterocycles. The molecular weight excluding hydrogens is 362 g/mol. The molecule has 0 aliphatic carbocycles. The van der Waals surface area contributed by atoms with E-state index in [4.69, 9.17) is 11.6 Å². The summed E-state index contributed by atoms with van der Waals surface area (Å²) in [4.78, 5) is 24.8. The molecular formula is C21H20ClN3O2. The van der Waals surface area contributed by atoms with Crippen LogP contribution in [0.4, 0.5) is 0 Å². The van der Waals surface area contributed by atoms with Gasteiger partial charge in [-0.2, -0.15) is 5.10 Å². The first-order valence-electron chi connectivity index (χ1n) is 8.66. The molecule has 0 unspecified atom stereocenters. The molecule has 1 amide bonds. The third kappa shape index (κ3) is 4.44. The first-order valence-corrected chi connectivity index (χ1v) is 9.03. The van der Waals surface area contributed by atoms with Crippen LogP contribution in [0.1, 0.15) is 34.6 Å². The maximum atomic E-state index is 12.5. The normalized spacial score (nSPS) is 11.8. The second-order valence-electron chi connectivity index (χ2n) is 6.41. The fourth-order valence-electron chi connectivity index (χ4n) is 2.78. The number of amides is 1. The van der Waals surface area contributed by atoms with Crippen molar-refractivity contribution in [3.8, 4) is 5.69 Å². The van der Waals surface area contributed by atoms with Gasteiger partial charge in [0.1, 0.15) is 0 Å². The van der Waals surface area contributed by atoms with Gasteiger partial charge in [-0.05, 0) is 42.7 Å². The van der Waals surface area contributed by atoms with Crippen LogP contribution in [0.25, 0.3) is 5.69 Å². The maximum absolute atomic E-state index is 12.5. The lowest BCUT2D eigenvalue weighted by Crippen LogP contribution is -2.34. The number of aryl methyl sites for hydroxylation is 1. The van der Waals surface area contributed by atoms with Crippen molar-refractivity contribution in [2.75, 3.05) is 6.54 Å². The highest BCUT2D eigenvalue weighted by Crippen LogP contribution is 2.15. The SMILES string of the molecule is Cc1cc(=O)c(C(=O)NC[C@H](C)c2ccccc2)nn1-c1ccc(Cl)cc1. The van der Waals surface area contributed by atoms with Gasteiger partial charge in [-0.3, -0.25) is 9.59 Å². The van der Waals surface area contributed by atoms with E-state index in [0.29, 0.717) is 17.3 Å². The minimum absolute atomic E-state index is 0.124. The molecule has 0 bridgehead atoms. The fraction of sp³-hybridized carbons (Fsp3) is 0.190. The van der Waals surface area contributed by atoms with Crippen molar-refractivity contribution in [2.45, 2.75) is 19.8 Å². The number of hydrogen-bond donors (Lipinski definition) is 1. The number of hydrogen-bond acceptors (Lipinski definition) is 3. The molecule has 2 aromatic carbocycles. The molecule has 6 heteroatoms. The molecule has 0 radical (unpaired) electrons. The Morgan fingerprint density at radius 2 is 1.81 bits per heavy atom. The van der Waals surface area contributed by atoms with E-state index in [1.54, 1.807) is 35.9 Å². The predicted octanol–water partition coefficient (Wildman–Crippen LogP) is 3.73. The van der Waals surface area contributed by atoms with Crippen molar-refractivity contribution in [1.29, 1.82) is 0 Å². The van der Waals surface area contributed by atoms with Gasteiger partial charge in [0.25, 0.3) is 5.91 Å². The van der Waals surface area contributed by atoms with E-state index >= 15 is 0 Å². The molecule has 3 rings (SSSR count). The third-order valence-electron chi connectivity index (χ3n) is 4.33. The lowest BCUT2D eigenvalue weighted by molar-refractivity contribution is 0.0943. The van der Waals surface area contributed by atoms with Crippen molar-refractivity contribution in [1.82, 2.24) is 15.1 Å². The number of nitrogens with zero attached hydrogens (tertiary/aromatic N) is 2. The Labute approximate surface area is 162 Å². The van der Waals surface area contributed by atoms with Crippen LogP contribution in [0.2, 0.25) is 5.02 Å². The first kappa shape index (κ1) is 18.9. The Balaban J connectivity index is 1.81. The Morgan fingerprint density at radius 3 is 2.48 bits per heavy atom. The van der Waals surface area contributed by atoms with Gasteiger partial charge in [0.05, 0.1) is 5.69 Å². The topological polar surface area (TPSA) is 64.0 Å². The van der Waals surface area contributed by atoms with Gasteiger partial charge >= 0.3 is 0 Å². The number of aromatic nitrogens is 2. The molecule has 0 saturated carbocycles. The van der Waals surface area contributed by atoms with Crippen LogP contribution < -0.4 is 10.7 Å². The smallest absolute Gasteiger partial charge is 0.275 e. The van der Waals surface area contributed by atoms with Gasteiger partial charge in [0.2, 0.25) is 5.43 Å². The van der Waals surface area contributed by atoms with E-state index in [9.17, 15) is 9.59 Å². The standard InChI is InChI=1S/C21H20ClN3O2/c1-14(16-6-4-3-5-7-16)13-23-21(27)20-19(26)12-15(2)25(24-20)18-10-8-17(22)9-11-18/h3-12,14H,13H2,1-2H3,(H,23,27)/t14-/m0/s1. The average molecular weight is 382 g/mol. The number of benzene rings is 2. The zero-order chi connectivity index (χ0) is 19.4. The summed E-state index contributed by atoms with van der Waals surface area (Å²) in [5, 5.41) is 7.68. The molecule has 0 aliphatic rings. The molecule has 3 aromatic rings. The highest BCUT2D eigenvalue weighted by atomic mass is 35.5. The van der Waals surface area contributed by atoms with Crippen LogP contribution >= 0.6 is 11.6 Å². The third-order valence-corrected chi connectivity index (χ3v) is 4.58. The van der Waals surface area contributed by atoms with Gasteiger partial charge in [-0.25, -0.2) is 4.68 Å². The van der Waals surface area contributed by atoms with E-state index in [1.807, 2.05) is 37.3 Å². The summed E-state index contributed by atoms with van der Waals surface area (Å²) in [5.74, 6) is -0.357. The molecule has 0 spiro atoms. The summed E-state index contributed by atoms with van der Waals surface area (Å²) in [5.41, 5.74) is 1.95. The highest BCUT2D eigenvalue weighted by molar-refractivity contribution is 6.30. The number of halogens is 1. The van der Waals surface area contributed by atoms with Crippen molar-refractivity contribution in [2.24, 2.45) is 0 Å². The number of carbonyl (C=O) groups excluding carboxylic acids is 1. The Bertz CT molecular complexity index is 998. The lowest BCUT2D eigenvalue weighted by atomic mass is 10.0. The molecule has 5 nitrogen and oxygen atoms in total. The van der Waals surface area contributed by atoms with Crippen molar-refractivity contribution in [3.05, 3.63) is 92.9 Å². The molecule has 0 saturated heterocycles. The molecule has 1 aromatic heterocycles. The van der Waals surface area contributed by atoms with Gasteiger partial charge in [-0.15, -0.1) is 0 Å². The Hall–Kier alpha value is -2.92. The zero-order valence-electron chi connectivity index (χ0n) is 15.1. The van der Waals surface area contributed by atoms with E-state index in [1.165, 1.54) is 6.07 Å². The minimum atomic E-state index is -0.481. The van der Waals surface area contributed by atoms with Gasteiger partial charge in [-0.1, -0.05) is 48.9 Å². The van der Waals surface area contributed by atoms with Crippen molar-refractivity contribution in [3.63, 3.8) is 0 Å². The summed E-state index contributed by atoms with van der Waals surface area (Å²) >= 11 is 5.92. The van der Waals surface area contributed by atoms with Crippen molar-refractivity contribution < 1.29 is 4.79 Å².